The number of amides is 5. The number of fused-ring (bicyclic) bond motifs is 5. The Kier molecular flexibility index (Phi) is 30.1. The zero-order valence-corrected chi connectivity index (χ0v) is 75.6. The molecule has 11 heterocycles. The van der Waals surface area contributed by atoms with Crippen LogP contribution in [0.2, 0.25) is 0 Å². The molecule has 5 N–H and O–H groups in total. The molecule has 5 amide bonds. The van der Waals surface area contributed by atoms with Gasteiger partial charge in [0.2, 0.25) is 0 Å². The second-order valence-electron chi connectivity index (χ2n) is 37.4. The van der Waals surface area contributed by atoms with E-state index in [1.54, 1.807) is 38.6 Å². The molecule has 5 aliphatic rings. The van der Waals surface area contributed by atoms with Crippen LogP contribution in [0.4, 0.5) is 4.39 Å². The molecule has 11 aromatic rings. The van der Waals surface area contributed by atoms with Crippen LogP contribution in [0.5, 0.6) is 6.01 Å². The number of carbonyl (C=O) groups excluding carboxylic acids is 5. The van der Waals surface area contributed by atoms with Crippen LogP contribution in [0.25, 0.3) is 28.2 Å². The zero-order valence-electron chi connectivity index (χ0n) is 75.6. The number of ether oxygens (including phenoxy) is 4. The first-order chi connectivity index (χ1) is 58.5. The predicted octanol–water partition coefficient (Wildman–Crippen LogP) is 17.0. The third-order valence-electron chi connectivity index (χ3n) is 24.0. The SMILES string of the molecule is COC1CCC(NC(=O)c2ccn3c(C)cc(C)nc23)CC1.Cc1cc(C)n2ccc(C(=O)NC3CCC(C)(F)CC3)c2n1.Cc1cc(C)n2ccc(C(=O)NC3CCC(OCC(C)(C)C)CC3)c2n1.Cc1cc(C)n2ccc(C(=O)NC3CCC(OCC(C)(C)C)CC3)c2n1.Cc1cc(C)n2ccc(C(=O)NC3CCC(Oc4ncccn4)CC3)c2n1. The van der Waals surface area contributed by atoms with Crippen LogP contribution < -0.4 is 31.3 Å². The van der Waals surface area contributed by atoms with Crippen LogP contribution in [-0.2, 0) is 14.2 Å². The van der Waals surface area contributed by atoms with Gasteiger partial charge in [-0.1, -0.05) is 41.5 Å². The smallest absolute Gasteiger partial charge is 0.316 e. The van der Waals surface area contributed by atoms with E-state index in [4.69, 9.17) is 18.9 Å². The Bertz CT molecular complexity index is 5320. The summed E-state index contributed by atoms with van der Waals surface area (Å²) in [7, 11) is 1.76. The Morgan fingerprint density at radius 2 is 0.610 bits per heavy atom. The van der Waals surface area contributed by atoms with Gasteiger partial charge < -0.3 is 67.5 Å². The van der Waals surface area contributed by atoms with E-state index >= 15 is 0 Å². The predicted molar refractivity (Wildman–Crippen MR) is 477 cm³/mol. The molecule has 0 spiro atoms. The van der Waals surface area contributed by atoms with Crippen molar-refractivity contribution in [1.29, 1.82) is 0 Å². The Hall–Kier alpha value is -10.5. The number of nitrogens with zero attached hydrogens (tertiary/aromatic N) is 12. The monoisotopic (exact) mass is 1680 g/mol. The normalized spacial score (nSPS) is 21.7. The standard InChI is InChI=1S/2C21H31N3O2.C20H23N5O2.C17H22FN3O.C17H23N3O2/c2*1-14-12-15(2)24-11-10-18(19(24)22-14)20(25)23-16-6-8-17(9-7-16)26-13-21(3,4)5;1-13-12-14(2)25-11-8-17(18(25)23-13)19(26)24-15-4-6-16(7-5-15)27-20-21-9-3-10-22-20;1-11-10-12(2)21-9-6-14(15(21)19-11)16(22)20-13-4-7-17(3,18)8-5-13;1-11-10-12(2)20-9-8-15(16(20)18-11)17(21)19-13-4-6-14(22-3)7-5-13/h2*10-12,16-17H,6-9,13H2,1-5H3,(H,23,25);3,8-12,15-16H,4-7H2,1-2H3,(H,24,26);6,9-10,13H,4-5,7-8H2,1-3H3,(H,20,22);8-10,13-14H,4-7H2,1-3H3,(H,19,21). The van der Waals surface area contributed by atoms with Crippen molar-refractivity contribution in [2.75, 3.05) is 20.3 Å². The van der Waals surface area contributed by atoms with Gasteiger partial charge in [0.05, 0.1) is 59.3 Å². The molecule has 0 unspecified atom stereocenters. The summed E-state index contributed by atoms with van der Waals surface area (Å²) in [6.07, 6.45) is 31.7. The van der Waals surface area contributed by atoms with Crippen molar-refractivity contribution < 1.29 is 47.3 Å². The molecule has 26 nitrogen and oxygen atoms in total. The van der Waals surface area contributed by atoms with E-state index in [9.17, 15) is 28.4 Å². The molecule has 5 fully saturated rings. The van der Waals surface area contributed by atoms with Gasteiger partial charge in [0.1, 0.15) is 40.0 Å². The van der Waals surface area contributed by atoms with E-state index in [0.717, 1.165) is 190 Å². The summed E-state index contributed by atoms with van der Waals surface area (Å²) < 4.78 is 46.9. The minimum atomic E-state index is -1.08. The maximum atomic E-state index is 13.8. The average Bonchev–Trinajstić information content (AvgIpc) is 1.69. The fourth-order valence-electron chi connectivity index (χ4n) is 17.3. The van der Waals surface area contributed by atoms with Crippen LogP contribution >= 0.6 is 0 Å². The number of carbonyl (C=O) groups is 5. The van der Waals surface area contributed by atoms with Gasteiger partial charge in [0.15, 0.2) is 0 Å². The van der Waals surface area contributed by atoms with Gasteiger partial charge in [-0.3, -0.25) is 24.0 Å². The summed E-state index contributed by atoms with van der Waals surface area (Å²) >= 11 is 0. The summed E-state index contributed by atoms with van der Waals surface area (Å²) in [6, 6.07) is 22.3. The molecule has 0 aromatic carbocycles. The molecular weight excluding hydrogens is 1550 g/mol. The minimum Gasteiger partial charge on any atom is -0.460 e. The van der Waals surface area contributed by atoms with E-state index in [1.807, 2.05) is 177 Å². The van der Waals surface area contributed by atoms with Crippen molar-refractivity contribution in [2.24, 2.45) is 10.8 Å². The number of hydrogen-bond donors (Lipinski definition) is 5. The minimum absolute atomic E-state index is 0.0240. The number of alkyl halides is 1. The maximum absolute atomic E-state index is 13.8. The number of halogens is 1. The lowest BCUT2D eigenvalue weighted by atomic mass is 9.85. The molecule has 27 heteroatoms. The second-order valence-corrected chi connectivity index (χ2v) is 37.4. The average molecular weight is 1690 g/mol. The van der Waals surface area contributed by atoms with Crippen LogP contribution in [0.3, 0.4) is 0 Å². The van der Waals surface area contributed by atoms with Gasteiger partial charge in [-0.05, 0) is 282 Å². The second kappa shape index (κ2) is 40.4. The van der Waals surface area contributed by atoms with Crippen molar-refractivity contribution in [2.45, 2.75) is 306 Å². The number of nitrogens with one attached hydrogen (secondary N) is 5. The fraction of sp³-hybridized carbons (Fsp3) is 0.542. The van der Waals surface area contributed by atoms with Crippen LogP contribution in [0.1, 0.15) is 286 Å². The third-order valence-corrected chi connectivity index (χ3v) is 24.0. The number of aromatic nitrogens is 12. The van der Waals surface area contributed by atoms with Gasteiger partial charge in [0.25, 0.3) is 29.5 Å². The first-order valence-electron chi connectivity index (χ1n) is 44.2. The molecule has 660 valence electrons. The topological polar surface area (TPSA) is 295 Å². The lowest BCUT2D eigenvalue weighted by molar-refractivity contribution is -0.0134. The number of methoxy groups -OCH3 is 1. The van der Waals surface area contributed by atoms with Crippen LogP contribution in [0.15, 0.2) is 110 Å². The van der Waals surface area contributed by atoms with Gasteiger partial charge in [-0.25, -0.2) is 39.3 Å². The molecule has 11 aromatic heterocycles. The molecule has 0 bridgehead atoms. The van der Waals surface area contributed by atoms with E-state index in [1.165, 1.54) is 0 Å². The highest BCUT2D eigenvalue weighted by Crippen LogP contribution is 2.33. The summed E-state index contributed by atoms with van der Waals surface area (Å²) in [5, 5.41) is 15.7. The first-order valence-corrected chi connectivity index (χ1v) is 44.2. The molecule has 123 heavy (non-hydrogen) atoms. The van der Waals surface area contributed by atoms with E-state index in [0.29, 0.717) is 89.1 Å². The Morgan fingerprint density at radius 1 is 0.374 bits per heavy atom. The third kappa shape index (κ3) is 24.7. The molecule has 0 atom stereocenters. The number of hydrogen-bond acceptors (Lipinski definition) is 16. The molecule has 16 rings (SSSR count). The Morgan fingerprint density at radius 3 is 0.854 bits per heavy atom. The summed E-state index contributed by atoms with van der Waals surface area (Å²) in [4.78, 5) is 94.2. The van der Waals surface area contributed by atoms with Crippen molar-refractivity contribution in [3.8, 4) is 6.01 Å². The van der Waals surface area contributed by atoms with Gasteiger partial charge in [-0.15, -0.1) is 0 Å². The van der Waals surface area contributed by atoms with Crippen molar-refractivity contribution in [3.63, 3.8) is 0 Å². The zero-order chi connectivity index (χ0) is 88.2. The quantitative estimate of drug-likeness (QED) is 0.0566. The van der Waals surface area contributed by atoms with Gasteiger partial charge in [0, 0.05) is 138 Å². The van der Waals surface area contributed by atoms with E-state index in [-0.39, 0.29) is 76.7 Å². The molecule has 0 radical (unpaired) electrons. The van der Waals surface area contributed by atoms with Crippen LogP contribution in [-0.4, -0.2) is 167 Å². The van der Waals surface area contributed by atoms with E-state index in [2.05, 4.69) is 103 Å². The maximum Gasteiger partial charge on any atom is 0.316 e. The Balaban J connectivity index is 0.000000141. The summed E-state index contributed by atoms with van der Waals surface area (Å²) in [5.74, 6) is -0.257. The largest absolute Gasteiger partial charge is 0.460 e. The van der Waals surface area contributed by atoms with E-state index < -0.39 is 5.67 Å². The summed E-state index contributed by atoms with van der Waals surface area (Å²) in [5.41, 5.74) is 16.1. The van der Waals surface area contributed by atoms with Gasteiger partial charge in [-0.2, -0.15) is 0 Å². The fourth-order valence-corrected chi connectivity index (χ4v) is 17.3. The molecule has 0 saturated heterocycles. The van der Waals surface area contributed by atoms with Crippen LogP contribution in [0, 0.1) is 80.1 Å². The lowest BCUT2D eigenvalue weighted by Crippen LogP contribution is -2.40. The highest BCUT2D eigenvalue weighted by Gasteiger charge is 2.34. The first kappa shape index (κ1) is 91.7. The summed E-state index contributed by atoms with van der Waals surface area (Å²) in [6.45, 7) is 36.2. The van der Waals surface area contributed by atoms with Crippen molar-refractivity contribution in [3.05, 3.63) is 195 Å². The highest BCUT2D eigenvalue weighted by atomic mass is 19.1. The Labute approximate surface area is 723 Å². The van der Waals surface area contributed by atoms with Crippen molar-refractivity contribution in [1.82, 2.24) is 83.5 Å². The van der Waals surface area contributed by atoms with Crippen molar-refractivity contribution >= 4 is 57.8 Å². The number of rotatable bonds is 17. The lowest BCUT2D eigenvalue weighted by Gasteiger charge is -2.31. The highest BCUT2D eigenvalue weighted by molar-refractivity contribution is 6.03. The molecule has 5 saturated carbocycles. The van der Waals surface area contributed by atoms with Gasteiger partial charge >= 0.3 is 6.01 Å². The number of aryl methyl sites for hydroxylation is 10. The molecule has 0 aliphatic heterocycles. The molecular formula is C96H130FN17O9. The molecule has 5 aliphatic carbocycles.